The van der Waals surface area contributed by atoms with Crippen molar-refractivity contribution in [1.82, 2.24) is 14.3 Å². The summed E-state index contributed by atoms with van der Waals surface area (Å²) in [4.78, 5) is 9.25. The standard InChI is InChI=1S/C30H26N4O4S/c1-37-24-9-11-25(12-10-24)38-26-6-4-7-27(18-26)39(35,36)34-16-14-28-22(20-34)13-15-31-30(28)33-23-17-21-5-2-3-8-29(21)32-19-23/h2-13,15,17-19H,14,16,20H2,1H3,(H,31,33). The molecule has 39 heavy (non-hydrogen) atoms. The number of hydrogen-bond acceptors (Lipinski definition) is 7. The van der Waals surface area contributed by atoms with Crippen LogP contribution < -0.4 is 14.8 Å². The maximum Gasteiger partial charge on any atom is 0.243 e. The molecule has 0 fully saturated rings. The van der Waals surface area contributed by atoms with Gasteiger partial charge >= 0.3 is 0 Å². The lowest BCUT2D eigenvalue weighted by molar-refractivity contribution is 0.391. The molecule has 1 N–H and O–H groups in total. The Kier molecular flexibility index (Phi) is 6.60. The van der Waals surface area contributed by atoms with E-state index in [-0.39, 0.29) is 11.4 Å². The van der Waals surface area contributed by atoms with Gasteiger partial charge in [-0.3, -0.25) is 4.98 Å². The first-order valence-corrected chi connectivity index (χ1v) is 13.9. The van der Waals surface area contributed by atoms with Crippen LogP contribution in [0.3, 0.4) is 0 Å². The van der Waals surface area contributed by atoms with Gasteiger partial charge < -0.3 is 14.8 Å². The average molecular weight is 539 g/mol. The lowest BCUT2D eigenvalue weighted by Crippen LogP contribution is -2.36. The number of nitrogens with zero attached hydrogens (tertiary/aromatic N) is 3. The number of benzene rings is 3. The van der Waals surface area contributed by atoms with E-state index >= 15 is 0 Å². The average Bonchev–Trinajstić information content (AvgIpc) is 2.97. The molecule has 0 bridgehead atoms. The zero-order valence-electron chi connectivity index (χ0n) is 21.2. The fourth-order valence-electron chi connectivity index (χ4n) is 4.68. The summed E-state index contributed by atoms with van der Waals surface area (Å²) in [6, 6.07) is 25.5. The summed E-state index contributed by atoms with van der Waals surface area (Å²) in [5.41, 5.74) is 3.68. The molecular weight excluding hydrogens is 512 g/mol. The van der Waals surface area contributed by atoms with E-state index in [1.807, 2.05) is 36.4 Å². The number of ether oxygens (including phenoxy) is 2. The molecule has 0 saturated heterocycles. The summed E-state index contributed by atoms with van der Waals surface area (Å²) >= 11 is 0. The SMILES string of the molecule is COc1ccc(Oc2cccc(S(=O)(=O)N3CCc4c(ccnc4Nc4cnc5ccccc5c4)C3)c2)cc1. The van der Waals surface area contributed by atoms with E-state index in [9.17, 15) is 8.42 Å². The zero-order valence-corrected chi connectivity index (χ0v) is 22.1. The van der Waals surface area contributed by atoms with Gasteiger partial charge in [-0.25, -0.2) is 13.4 Å². The Morgan fingerprint density at radius 3 is 2.54 bits per heavy atom. The summed E-state index contributed by atoms with van der Waals surface area (Å²) in [7, 11) is -2.15. The van der Waals surface area contributed by atoms with Gasteiger partial charge in [-0.15, -0.1) is 0 Å². The minimum atomic E-state index is -3.74. The van der Waals surface area contributed by atoms with Gasteiger partial charge in [0.1, 0.15) is 23.1 Å². The number of nitrogens with one attached hydrogen (secondary N) is 1. The smallest absolute Gasteiger partial charge is 0.243 e. The summed E-state index contributed by atoms with van der Waals surface area (Å²) in [5.74, 6) is 2.47. The molecule has 0 unspecified atom stereocenters. The fraction of sp³-hybridized carbons (Fsp3) is 0.133. The number of rotatable bonds is 7. The quantitative estimate of drug-likeness (QED) is 0.275. The number of fused-ring (bicyclic) bond motifs is 2. The van der Waals surface area contributed by atoms with E-state index in [1.165, 1.54) is 4.31 Å². The number of hydrogen-bond donors (Lipinski definition) is 1. The summed E-state index contributed by atoms with van der Waals surface area (Å²) in [5, 5.41) is 4.41. The lowest BCUT2D eigenvalue weighted by Gasteiger charge is -2.29. The first-order chi connectivity index (χ1) is 19.0. The van der Waals surface area contributed by atoms with Gasteiger partial charge in [0.25, 0.3) is 0 Å². The van der Waals surface area contributed by atoms with Crippen LogP contribution in [0.25, 0.3) is 10.9 Å². The highest BCUT2D eigenvalue weighted by Gasteiger charge is 2.30. The second-order valence-electron chi connectivity index (χ2n) is 9.18. The predicted octanol–water partition coefficient (Wildman–Crippen LogP) is 5.92. The highest BCUT2D eigenvalue weighted by Crippen LogP contribution is 2.32. The molecular formula is C30H26N4O4S. The van der Waals surface area contributed by atoms with Crippen molar-refractivity contribution in [1.29, 1.82) is 0 Å². The third-order valence-corrected chi connectivity index (χ3v) is 8.54. The Balaban J connectivity index is 1.21. The van der Waals surface area contributed by atoms with Crippen LogP contribution >= 0.6 is 0 Å². The van der Waals surface area contributed by atoms with Crippen LogP contribution in [-0.2, 0) is 23.0 Å². The van der Waals surface area contributed by atoms with Gasteiger partial charge in [-0.2, -0.15) is 4.31 Å². The number of methoxy groups -OCH3 is 1. The largest absolute Gasteiger partial charge is 0.497 e. The van der Waals surface area contributed by atoms with Crippen LogP contribution in [0.1, 0.15) is 11.1 Å². The molecule has 3 heterocycles. The van der Waals surface area contributed by atoms with Gasteiger partial charge in [0.2, 0.25) is 10.0 Å². The lowest BCUT2D eigenvalue weighted by atomic mass is 10.0. The molecule has 0 atom stereocenters. The maximum absolute atomic E-state index is 13.6. The van der Waals surface area contributed by atoms with E-state index in [0.29, 0.717) is 30.2 Å². The van der Waals surface area contributed by atoms with Crippen LogP contribution in [0.5, 0.6) is 17.2 Å². The number of aromatic nitrogens is 2. The third-order valence-electron chi connectivity index (χ3n) is 6.70. The fourth-order valence-corrected chi connectivity index (χ4v) is 6.14. The van der Waals surface area contributed by atoms with Crippen LogP contribution in [0.4, 0.5) is 11.5 Å². The van der Waals surface area contributed by atoms with E-state index in [1.54, 1.807) is 68.0 Å². The molecule has 3 aromatic carbocycles. The highest BCUT2D eigenvalue weighted by atomic mass is 32.2. The molecule has 6 rings (SSSR count). The second-order valence-corrected chi connectivity index (χ2v) is 11.1. The Morgan fingerprint density at radius 2 is 1.69 bits per heavy atom. The molecule has 2 aromatic heterocycles. The van der Waals surface area contributed by atoms with E-state index in [4.69, 9.17) is 9.47 Å². The van der Waals surface area contributed by atoms with Gasteiger partial charge in [0.05, 0.1) is 29.4 Å². The van der Waals surface area contributed by atoms with Crippen molar-refractivity contribution in [3.05, 3.63) is 108 Å². The predicted molar refractivity (Wildman–Crippen MR) is 150 cm³/mol. The second kappa shape index (κ2) is 10.4. The molecule has 1 aliphatic rings. The molecule has 1 aliphatic heterocycles. The van der Waals surface area contributed by atoms with Crippen molar-refractivity contribution < 1.29 is 17.9 Å². The summed E-state index contributed by atoms with van der Waals surface area (Å²) in [6.45, 7) is 0.601. The zero-order chi connectivity index (χ0) is 26.8. The highest BCUT2D eigenvalue weighted by molar-refractivity contribution is 7.89. The molecule has 8 nitrogen and oxygen atoms in total. The van der Waals surface area contributed by atoms with Crippen molar-refractivity contribution in [3.63, 3.8) is 0 Å². The first kappa shape index (κ1) is 24.8. The van der Waals surface area contributed by atoms with Crippen LogP contribution in [-0.4, -0.2) is 36.3 Å². The monoisotopic (exact) mass is 538 g/mol. The third kappa shape index (κ3) is 5.14. The molecule has 0 spiro atoms. The Hall–Kier alpha value is -4.47. The van der Waals surface area contributed by atoms with Gasteiger partial charge in [0.15, 0.2) is 0 Å². The van der Waals surface area contributed by atoms with Crippen LogP contribution in [0.2, 0.25) is 0 Å². The number of sulfonamides is 1. The number of para-hydroxylation sites is 1. The molecule has 0 aliphatic carbocycles. The van der Waals surface area contributed by atoms with Gasteiger partial charge in [-0.1, -0.05) is 24.3 Å². The molecule has 9 heteroatoms. The van der Waals surface area contributed by atoms with E-state index in [2.05, 4.69) is 15.3 Å². The molecule has 196 valence electrons. The van der Waals surface area contributed by atoms with Crippen molar-refractivity contribution >= 4 is 32.4 Å². The van der Waals surface area contributed by atoms with Crippen molar-refractivity contribution in [2.75, 3.05) is 19.0 Å². The number of anilines is 2. The summed E-state index contributed by atoms with van der Waals surface area (Å²) in [6.07, 6.45) is 4.02. The van der Waals surface area contributed by atoms with Crippen LogP contribution in [0, 0.1) is 0 Å². The summed E-state index contributed by atoms with van der Waals surface area (Å²) < 4.78 is 39.8. The minimum absolute atomic E-state index is 0.187. The first-order valence-electron chi connectivity index (χ1n) is 12.5. The van der Waals surface area contributed by atoms with Gasteiger partial charge in [-0.05, 0) is 66.6 Å². The molecule has 0 amide bonds. The Bertz CT molecular complexity index is 1760. The van der Waals surface area contributed by atoms with E-state index < -0.39 is 10.0 Å². The van der Waals surface area contributed by atoms with Crippen molar-refractivity contribution in [3.8, 4) is 17.2 Å². The number of pyridine rings is 2. The minimum Gasteiger partial charge on any atom is -0.497 e. The maximum atomic E-state index is 13.6. The Morgan fingerprint density at radius 1 is 0.872 bits per heavy atom. The van der Waals surface area contributed by atoms with Crippen LogP contribution in [0.15, 0.2) is 102 Å². The molecule has 0 radical (unpaired) electrons. The van der Waals surface area contributed by atoms with E-state index in [0.717, 1.165) is 33.5 Å². The van der Waals surface area contributed by atoms with Crippen molar-refractivity contribution in [2.24, 2.45) is 0 Å². The normalized spacial score (nSPS) is 13.6. The van der Waals surface area contributed by atoms with Crippen molar-refractivity contribution in [2.45, 2.75) is 17.9 Å². The molecule has 5 aromatic rings. The molecule has 0 saturated carbocycles. The Labute approximate surface area is 226 Å². The topological polar surface area (TPSA) is 93.7 Å². The van der Waals surface area contributed by atoms with Gasteiger partial charge in [0, 0.05) is 36.3 Å².